The molecule has 4 aliphatic rings. The lowest BCUT2D eigenvalue weighted by Crippen LogP contribution is -2.59. The summed E-state index contributed by atoms with van der Waals surface area (Å²) in [5, 5.41) is 21.7. The summed E-state index contributed by atoms with van der Waals surface area (Å²) >= 11 is 1.42. The van der Waals surface area contributed by atoms with Crippen molar-refractivity contribution in [3.8, 4) is 16.9 Å². The van der Waals surface area contributed by atoms with Crippen LogP contribution in [0, 0.1) is 12.8 Å². The normalized spacial score (nSPS) is 20.4. The summed E-state index contributed by atoms with van der Waals surface area (Å²) in [7, 11) is 1.71. The SMILES string of the molecule is Cc1c(O[C@H]2CC[C@H](CCCN3CCN(c4ccc5c(C6CCC(=O)NC6=O)nn(C)c5c4)[C@H](C(F)(F)F)C3)CC2)cccc1-c1ccc(N2CCc3cccc(C(=O)Nc4nc5ccccc5s4)c3C2)nc1C(=O)O. The van der Waals surface area contributed by atoms with Gasteiger partial charge in [0.05, 0.1) is 33.4 Å². The van der Waals surface area contributed by atoms with E-state index in [4.69, 9.17) is 9.72 Å². The fourth-order valence-electron chi connectivity index (χ4n) is 11.7. The van der Waals surface area contributed by atoms with E-state index in [2.05, 4.69) is 20.7 Å². The second-order valence-electron chi connectivity index (χ2n) is 20.5. The van der Waals surface area contributed by atoms with Crippen LogP contribution in [0.25, 0.3) is 32.2 Å². The maximum atomic E-state index is 14.8. The molecule has 2 saturated heterocycles. The molecule has 0 spiro atoms. The number of fused-ring (bicyclic) bond motifs is 3. The number of nitrogens with zero attached hydrogens (tertiary/aromatic N) is 7. The topological polar surface area (TPSA) is 175 Å². The van der Waals surface area contributed by atoms with Gasteiger partial charge in [0.25, 0.3) is 5.91 Å². The third-order valence-corrected chi connectivity index (χ3v) is 16.7. The standard InChI is InChI=1S/C57H58F3N9O6S/c1-33-38(39-21-23-49(62-52(39)55(73)74)68-27-25-35-9-5-11-40(43(35)31-68)53(71)64-56-61-44-12-3-4-14-47(44)76-56)10-6-13-46(33)75-37-18-15-34(16-19-37)8-7-26-67-28-29-69(48(32-67)57(58,59)60)36-17-20-41-45(30-36)66(2)65-51(41)42-22-24-50(70)63-54(42)72/h3-6,9-14,17,20-21,23,30,34,37,42,48H,7-8,15-16,18-19,22,24-29,31-32H2,1-2H3,(H,73,74)(H,61,64,71)(H,63,70,72)/t34-,37-,42?,48-/m0/s1. The first kappa shape index (κ1) is 50.8. The largest absolute Gasteiger partial charge is 0.490 e. The van der Waals surface area contributed by atoms with Gasteiger partial charge in [0, 0.05) is 68.4 Å². The Morgan fingerprint density at radius 2 is 1.71 bits per heavy atom. The number of carboxylic acids is 1. The zero-order chi connectivity index (χ0) is 52.8. The van der Waals surface area contributed by atoms with Gasteiger partial charge >= 0.3 is 12.1 Å². The van der Waals surface area contributed by atoms with E-state index in [-0.39, 0.29) is 43.1 Å². The molecule has 394 valence electrons. The number of rotatable bonds is 13. The van der Waals surface area contributed by atoms with E-state index in [9.17, 15) is 37.5 Å². The minimum absolute atomic E-state index is 0.0324. The second-order valence-corrected chi connectivity index (χ2v) is 21.6. The number of hydrogen-bond acceptors (Lipinski definition) is 12. The molecule has 11 rings (SSSR count). The number of anilines is 3. The highest BCUT2D eigenvalue weighted by Gasteiger charge is 2.47. The van der Waals surface area contributed by atoms with Gasteiger partial charge in [-0.3, -0.25) is 34.6 Å². The van der Waals surface area contributed by atoms with E-state index in [0.717, 1.165) is 65.4 Å². The van der Waals surface area contributed by atoms with Crippen LogP contribution < -0.4 is 25.2 Å². The quantitative estimate of drug-likeness (QED) is 0.0934. The number of aromatic carboxylic acids is 1. The number of piperazine rings is 1. The molecule has 3 aromatic heterocycles. The van der Waals surface area contributed by atoms with Gasteiger partial charge in [-0.15, -0.1) is 0 Å². The Labute approximate surface area is 441 Å². The second kappa shape index (κ2) is 21.0. The van der Waals surface area contributed by atoms with E-state index >= 15 is 0 Å². The molecule has 3 aliphatic heterocycles. The molecule has 1 saturated carbocycles. The van der Waals surface area contributed by atoms with Gasteiger partial charge in [-0.25, -0.2) is 14.8 Å². The Morgan fingerprint density at radius 3 is 2.50 bits per heavy atom. The van der Waals surface area contributed by atoms with Crippen LogP contribution in [-0.4, -0.2) is 104 Å². The fourth-order valence-corrected chi connectivity index (χ4v) is 12.6. The Bertz CT molecular complexity index is 3360. The van der Waals surface area contributed by atoms with Crippen molar-refractivity contribution in [1.29, 1.82) is 0 Å². The number of nitrogens with one attached hydrogen (secondary N) is 2. The number of alkyl halides is 3. The van der Waals surface area contributed by atoms with Crippen LogP contribution >= 0.6 is 11.3 Å². The highest BCUT2D eigenvalue weighted by atomic mass is 32.1. The van der Waals surface area contributed by atoms with Crippen LogP contribution in [0.4, 0.5) is 29.8 Å². The minimum Gasteiger partial charge on any atom is -0.490 e. The molecule has 1 aliphatic carbocycles. The van der Waals surface area contributed by atoms with Crippen LogP contribution in [0.5, 0.6) is 5.75 Å². The molecule has 4 aromatic carbocycles. The van der Waals surface area contributed by atoms with Gasteiger partial charge in [-0.1, -0.05) is 47.7 Å². The molecule has 1 unspecified atom stereocenters. The summed E-state index contributed by atoms with van der Waals surface area (Å²) in [6.07, 6.45) is 1.95. The van der Waals surface area contributed by atoms with E-state index in [1.54, 1.807) is 42.1 Å². The number of imide groups is 1. The highest BCUT2D eigenvalue weighted by molar-refractivity contribution is 7.22. The third-order valence-electron chi connectivity index (χ3n) is 15.8. The molecule has 6 heterocycles. The molecular formula is C57H58F3N9O6S. The van der Waals surface area contributed by atoms with E-state index in [1.165, 1.54) is 16.2 Å². The number of pyridine rings is 1. The molecular weight excluding hydrogens is 996 g/mol. The minimum atomic E-state index is -4.45. The number of carbonyl (C=O) groups excluding carboxylic acids is 3. The molecule has 3 fully saturated rings. The van der Waals surface area contributed by atoms with Crippen LogP contribution in [0.2, 0.25) is 0 Å². The van der Waals surface area contributed by atoms with Gasteiger partial charge < -0.3 is 19.6 Å². The molecule has 0 bridgehead atoms. The van der Waals surface area contributed by atoms with Gasteiger partial charge in [0.15, 0.2) is 10.8 Å². The number of carboxylic acid groups (broad SMARTS) is 1. The number of piperidine rings is 1. The number of para-hydroxylation sites is 1. The van der Waals surface area contributed by atoms with Crippen LogP contribution in [0.3, 0.4) is 0 Å². The number of halogens is 3. The Morgan fingerprint density at radius 1 is 0.895 bits per heavy atom. The van der Waals surface area contributed by atoms with Gasteiger partial charge in [-0.05, 0) is 148 Å². The van der Waals surface area contributed by atoms with Crippen molar-refractivity contribution in [2.75, 3.05) is 47.8 Å². The molecule has 3 N–H and O–H groups in total. The number of amides is 3. The predicted molar refractivity (Wildman–Crippen MR) is 285 cm³/mol. The van der Waals surface area contributed by atoms with Crippen molar-refractivity contribution in [2.45, 2.75) is 95.5 Å². The Hall–Kier alpha value is -7.38. The summed E-state index contributed by atoms with van der Waals surface area (Å²) in [6, 6.07) is 26.2. The monoisotopic (exact) mass is 1050 g/mol. The van der Waals surface area contributed by atoms with Gasteiger partial charge in [-0.2, -0.15) is 18.3 Å². The van der Waals surface area contributed by atoms with Crippen molar-refractivity contribution in [2.24, 2.45) is 13.0 Å². The highest BCUT2D eigenvalue weighted by Crippen LogP contribution is 2.39. The Balaban J connectivity index is 0.685. The van der Waals surface area contributed by atoms with Crippen LogP contribution in [-0.2, 0) is 29.6 Å². The number of ether oxygens (including phenoxy) is 1. The number of carbonyl (C=O) groups is 4. The van der Waals surface area contributed by atoms with Crippen molar-refractivity contribution in [3.63, 3.8) is 0 Å². The van der Waals surface area contributed by atoms with Crippen molar-refractivity contribution in [3.05, 3.63) is 125 Å². The number of hydrogen-bond donors (Lipinski definition) is 3. The van der Waals surface area contributed by atoms with E-state index < -0.39 is 30.0 Å². The first-order chi connectivity index (χ1) is 36.6. The van der Waals surface area contributed by atoms with E-state index in [1.807, 2.05) is 77.4 Å². The van der Waals surface area contributed by atoms with Crippen LogP contribution in [0.15, 0.2) is 91.0 Å². The predicted octanol–water partition coefficient (Wildman–Crippen LogP) is 10.1. The van der Waals surface area contributed by atoms with Gasteiger partial charge in [0.1, 0.15) is 17.6 Å². The fraction of sp³-hybridized carbons (Fsp3) is 0.386. The van der Waals surface area contributed by atoms with Gasteiger partial charge in [0.2, 0.25) is 11.8 Å². The lowest BCUT2D eigenvalue weighted by molar-refractivity contribution is -0.156. The smallest absolute Gasteiger partial charge is 0.409 e. The van der Waals surface area contributed by atoms with Crippen LogP contribution in [0.1, 0.15) is 101 Å². The van der Waals surface area contributed by atoms with Crippen molar-refractivity contribution >= 4 is 72.8 Å². The lowest BCUT2D eigenvalue weighted by atomic mass is 9.84. The number of benzene rings is 4. The molecule has 15 nitrogen and oxygen atoms in total. The Kier molecular flexibility index (Phi) is 14.0. The zero-order valence-corrected chi connectivity index (χ0v) is 43.1. The summed E-state index contributed by atoms with van der Waals surface area (Å²) in [4.78, 5) is 65.6. The summed E-state index contributed by atoms with van der Waals surface area (Å²) in [6.45, 7) is 4.05. The number of aromatic nitrogens is 4. The van der Waals surface area contributed by atoms with E-state index in [0.29, 0.717) is 101 Å². The first-order valence-corrected chi connectivity index (χ1v) is 26.9. The zero-order valence-electron chi connectivity index (χ0n) is 42.2. The molecule has 76 heavy (non-hydrogen) atoms. The molecule has 0 radical (unpaired) electrons. The van der Waals surface area contributed by atoms with Crippen molar-refractivity contribution < 1.29 is 42.2 Å². The van der Waals surface area contributed by atoms with Crippen molar-refractivity contribution in [1.82, 2.24) is 30.0 Å². The number of thiazole rings is 1. The summed E-state index contributed by atoms with van der Waals surface area (Å²) in [5.41, 5.74) is 6.79. The molecule has 2 atom stereocenters. The summed E-state index contributed by atoms with van der Waals surface area (Å²) < 4.78 is 53.5. The summed E-state index contributed by atoms with van der Waals surface area (Å²) in [5.74, 6) is -1.13. The average Bonchev–Trinajstić information content (AvgIpc) is 4.02. The molecule has 7 aromatic rings. The molecule has 3 amide bonds. The average molecular weight is 1050 g/mol. The lowest BCUT2D eigenvalue weighted by Gasteiger charge is -2.43. The number of aryl methyl sites for hydroxylation is 1. The first-order valence-electron chi connectivity index (χ1n) is 26.0. The maximum absolute atomic E-state index is 14.8. The maximum Gasteiger partial charge on any atom is 0.409 e. The third kappa shape index (κ3) is 10.3. The molecule has 19 heteroatoms.